The van der Waals surface area contributed by atoms with E-state index in [0.717, 1.165) is 5.76 Å². The highest BCUT2D eigenvalue weighted by Gasteiger charge is 2.47. The summed E-state index contributed by atoms with van der Waals surface area (Å²) in [5.41, 5.74) is 1.86. The number of hydrogen-bond acceptors (Lipinski definition) is 1. The smallest absolute Gasteiger partial charge is 0.258 e. The molecule has 0 heterocycles. The fourth-order valence-corrected chi connectivity index (χ4v) is 8.34. The van der Waals surface area contributed by atoms with E-state index in [1.807, 2.05) is 0 Å². The van der Waals surface area contributed by atoms with E-state index in [4.69, 9.17) is 4.43 Å². The van der Waals surface area contributed by atoms with Crippen molar-refractivity contribution < 1.29 is 4.43 Å². The Morgan fingerprint density at radius 2 is 1.26 bits per heavy atom. The van der Waals surface area contributed by atoms with Crippen molar-refractivity contribution >= 4 is 8.32 Å². The highest BCUT2D eigenvalue weighted by Crippen LogP contribution is 2.43. The zero-order valence-electron chi connectivity index (χ0n) is 14.4. The van der Waals surface area contributed by atoms with Gasteiger partial charge in [-0.15, -0.1) is 0 Å². The Morgan fingerprint density at radius 1 is 0.842 bits per heavy atom. The van der Waals surface area contributed by atoms with Gasteiger partial charge in [0.25, 0.3) is 8.32 Å². The predicted octanol–water partition coefficient (Wildman–Crippen LogP) is 6.29. The first-order chi connectivity index (χ1) is 8.68. The number of hydrogen-bond donors (Lipinski definition) is 0. The molecule has 2 heteroatoms. The second-order valence-electron chi connectivity index (χ2n) is 6.71. The van der Waals surface area contributed by atoms with E-state index in [1.165, 1.54) is 0 Å². The predicted molar refractivity (Wildman–Crippen MR) is 89.9 cm³/mol. The highest BCUT2D eigenvalue weighted by molar-refractivity contribution is 6.77. The summed E-state index contributed by atoms with van der Waals surface area (Å²) in [5, 5.41) is 0. The third-order valence-corrected chi connectivity index (χ3v) is 9.94. The maximum atomic E-state index is 6.64. The lowest BCUT2D eigenvalue weighted by Crippen LogP contribution is -2.47. The minimum atomic E-state index is -1.80. The molecule has 0 saturated heterocycles. The molecule has 0 aliphatic carbocycles. The van der Waals surface area contributed by atoms with Gasteiger partial charge < -0.3 is 4.43 Å². The van der Waals surface area contributed by atoms with Crippen LogP contribution < -0.4 is 0 Å². The highest BCUT2D eigenvalue weighted by atomic mass is 28.4. The van der Waals surface area contributed by atoms with E-state index in [2.05, 4.69) is 80.5 Å². The van der Waals surface area contributed by atoms with Crippen molar-refractivity contribution in [2.45, 2.75) is 78.9 Å². The van der Waals surface area contributed by atoms with Crippen LogP contribution in [-0.4, -0.2) is 8.32 Å². The molecule has 0 rings (SSSR count). The lowest BCUT2D eigenvalue weighted by Gasteiger charge is -2.42. The Bertz CT molecular complexity index is 289. The Morgan fingerprint density at radius 3 is 1.53 bits per heavy atom. The second kappa shape index (κ2) is 7.93. The summed E-state index contributed by atoms with van der Waals surface area (Å²) in [4.78, 5) is 0. The molecule has 0 atom stereocenters. The average Bonchev–Trinajstić information content (AvgIpc) is 2.27. The molecule has 0 fully saturated rings. The fraction of sp³-hybridized carbons (Fsp3) is 0.765. The van der Waals surface area contributed by atoms with Gasteiger partial charge in [0.15, 0.2) is 0 Å². The zero-order chi connectivity index (χ0) is 15.2. The number of rotatable bonds is 7. The van der Waals surface area contributed by atoms with Crippen LogP contribution in [0.4, 0.5) is 0 Å². The molecule has 0 aromatic carbocycles. The molecule has 0 spiro atoms. The SMILES string of the molecule is C/C=C(\C=C\C(C)C)O[Si](C(C)C)(C(C)C)C(C)C. The topological polar surface area (TPSA) is 9.23 Å². The van der Waals surface area contributed by atoms with Gasteiger partial charge in [0, 0.05) is 0 Å². The summed E-state index contributed by atoms with van der Waals surface area (Å²) < 4.78 is 6.64. The summed E-state index contributed by atoms with van der Waals surface area (Å²) in [6.45, 7) is 20.4. The van der Waals surface area contributed by atoms with Gasteiger partial charge in [-0.2, -0.15) is 0 Å². The van der Waals surface area contributed by atoms with E-state index >= 15 is 0 Å². The Kier molecular flexibility index (Phi) is 7.72. The van der Waals surface area contributed by atoms with Gasteiger partial charge in [-0.3, -0.25) is 0 Å². The summed E-state index contributed by atoms with van der Waals surface area (Å²) in [7, 11) is -1.80. The standard InChI is InChI=1S/C17H34OSi/c1-10-17(12-11-13(2)3)18-19(14(4)5,15(6)7)16(8)9/h10-16H,1-9H3/b12-11+,17-10+. The lowest BCUT2D eigenvalue weighted by atomic mass is 10.2. The number of allylic oxidation sites excluding steroid dienone is 3. The second-order valence-corrected chi connectivity index (χ2v) is 12.1. The first kappa shape index (κ1) is 18.5. The molecule has 1 nitrogen and oxygen atoms in total. The van der Waals surface area contributed by atoms with E-state index in [9.17, 15) is 0 Å². The Balaban J connectivity index is 5.32. The van der Waals surface area contributed by atoms with Crippen LogP contribution in [0.5, 0.6) is 0 Å². The molecule has 0 N–H and O–H groups in total. The van der Waals surface area contributed by atoms with E-state index in [0.29, 0.717) is 22.5 Å². The Labute approximate surface area is 122 Å². The van der Waals surface area contributed by atoms with Crippen molar-refractivity contribution in [3.05, 3.63) is 24.0 Å². The molecular weight excluding hydrogens is 248 g/mol. The molecule has 0 saturated carbocycles. The summed E-state index contributed by atoms with van der Waals surface area (Å²) >= 11 is 0. The van der Waals surface area contributed by atoms with E-state index in [1.54, 1.807) is 0 Å². The monoisotopic (exact) mass is 282 g/mol. The zero-order valence-corrected chi connectivity index (χ0v) is 15.4. The van der Waals surface area contributed by atoms with Crippen molar-refractivity contribution in [1.82, 2.24) is 0 Å². The van der Waals surface area contributed by atoms with Gasteiger partial charge in [0.1, 0.15) is 0 Å². The van der Waals surface area contributed by atoms with Crippen LogP contribution in [0.1, 0.15) is 62.3 Å². The average molecular weight is 283 g/mol. The Hall–Kier alpha value is -0.503. The van der Waals surface area contributed by atoms with Crippen molar-refractivity contribution in [1.29, 1.82) is 0 Å². The van der Waals surface area contributed by atoms with Gasteiger partial charge in [-0.25, -0.2) is 0 Å². The van der Waals surface area contributed by atoms with Gasteiger partial charge in [0.05, 0.1) is 5.76 Å². The van der Waals surface area contributed by atoms with Gasteiger partial charge >= 0.3 is 0 Å². The van der Waals surface area contributed by atoms with E-state index < -0.39 is 8.32 Å². The van der Waals surface area contributed by atoms with Crippen LogP contribution in [0.2, 0.25) is 16.6 Å². The van der Waals surface area contributed by atoms with Crippen LogP contribution >= 0.6 is 0 Å². The molecule has 0 amide bonds. The summed E-state index contributed by atoms with van der Waals surface area (Å²) in [6, 6.07) is 0. The van der Waals surface area contributed by atoms with Crippen LogP contribution in [0.25, 0.3) is 0 Å². The van der Waals surface area contributed by atoms with Crippen molar-refractivity contribution in [3.63, 3.8) is 0 Å². The maximum Gasteiger partial charge on any atom is 0.258 e. The van der Waals surface area contributed by atoms with Crippen LogP contribution in [0.15, 0.2) is 24.0 Å². The molecule has 112 valence electrons. The van der Waals surface area contributed by atoms with Gasteiger partial charge in [-0.1, -0.05) is 61.5 Å². The first-order valence-corrected chi connectivity index (χ1v) is 9.85. The third kappa shape index (κ3) is 4.83. The van der Waals surface area contributed by atoms with Crippen LogP contribution in [0, 0.1) is 5.92 Å². The van der Waals surface area contributed by atoms with Crippen molar-refractivity contribution in [2.75, 3.05) is 0 Å². The fourth-order valence-electron chi connectivity index (χ4n) is 3.03. The normalized spacial score (nSPS) is 14.5. The lowest BCUT2D eigenvalue weighted by molar-refractivity contribution is 0.385. The molecule has 0 aromatic rings. The van der Waals surface area contributed by atoms with Crippen molar-refractivity contribution in [2.24, 2.45) is 5.92 Å². The van der Waals surface area contributed by atoms with Gasteiger partial charge in [-0.05, 0) is 41.6 Å². The summed E-state index contributed by atoms with van der Waals surface area (Å²) in [6.07, 6.45) is 6.48. The molecular formula is C17H34OSi. The third-order valence-electron chi connectivity index (χ3n) is 3.93. The van der Waals surface area contributed by atoms with Gasteiger partial charge in [0.2, 0.25) is 0 Å². The minimum Gasteiger partial charge on any atom is -0.543 e. The molecule has 19 heavy (non-hydrogen) atoms. The first-order valence-electron chi connectivity index (χ1n) is 7.71. The molecule has 0 aliphatic rings. The molecule has 0 radical (unpaired) electrons. The largest absolute Gasteiger partial charge is 0.543 e. The van der Waals surface area contributed by atoms with E-state index in [-0.39, 0.29) is 0 Å². The molecule has 0 unspecified atom stereocenters. The van der Waals surface area contributed by atoms with Crippen LogP contribution in [-0.2, 0) is 4.43 Å². The molecule has 0 aliphatic heterocycles. The maximum absolute atomic E-state index is 6.64. The van der Waals surface area contributed by atoms with Crippen molar-refractivity contribution in [3.8, 4) is 0 Å². The van der Waals surface area contributed by atoms with Crippen LogP contribution in [0.3, 0.4) is 0 Å². The minimum absolute atomic E-state index is 0.562. The summed E-state index contributed by atoms with van der Waals surface area (Å²) in [5.74, 6) is 1.61. The molecule has 0 bridgehead atoms. The molecule has 0 aromatic heterocycles. The quantitative estimate of drug-likeness (QED) is 0.303.